The molecule has 0 aromatic carbocycles. The monoisotopic (exact) mass is 162 g/mol. The van der Waals surface area contributed by atoms with E-state index in [1.165, 1.54) is 0 Å². The fraction of sp³-hybridized carbons (Fsp3) is 0.333. The standard InChI is InChI=1S/C6H7ClO3/c1-2-10-6(9)3-5(7)4-8/h3-4H,2H2,1H3/b5-3-. The fourth-order valence-electron chi connectivity index (χ4n) is 0.331. The maximum Gasteiger partial charge on any atom is 0.332 e. The van der Waals surface area contributed by atoms with Crippen LogP contribution in [0.1, 0.15) is 6.92 Å². The van der Waals surface area contributed by atoms with Gasteiger partial charge >= 0.3 is 5.97 Å². The molecule has 0 heterocycles. The van der Waals surface area contributed by atoms with Gasteiger partial charge in [-0.2, -0.15) is 0 Å². The van der Waals surface area contributed by atoms with Crippen LogP contribution in [0.2, 0.25) is 0 Å². The van der Waals surface area contributed by atoms with Crippen LogP contribution in [0.4, 0.5) is 0 Å². The van der Waals surface area contributed by atoms with Crippen LogP contribution in [0.5, 0.6) is 0 Å². The van der Waals surface area contributed by atoms with E-state index in [0.717, 1.165) is 6.08 Å². The Kier molecular flexibility index (Phi) is 4.58. The molecule has 0 aliphatic rings. The van der Waals surface area contributed by atoms with Crippen molar-refractivity contribution in [2.75, 3.05) is 6.61 Å². The van der Waals surface area contributed by atoms with Crippen LogP contribution < -0.4 is 0 Å². The average molecular weight is 163 g/mol. The van der Waals surface area contributed by atoms with Gasteiger partial charge in [-0.15, -0.1) is 0 Å². The first kappa shape index (κ1) is 9.17. The summed E-state index contributed by atoms with van der Waals surface area (Å²) in [6.07, 6.45) is 1.30. The number of rotatable bonds is 3. The summed E-state index contributed by atoms with van der Waals surface area (Å²) in [6, 6.07) is 0. The molecule has 0 N–H and O–H groups in total. The third kappa shape index (κ3) is 4.09. The van der Waals surface area contributed by atoms with Gasteiger partial charge in [0.15, 0.2) is 6.29 Å². The van der Waals surface area contributed by atoms with E-state index < -0.39 is 5.97 Å². The van der Waals surface area contributed by atoms with E-state index in [4.69, 9.17) is 11.6 Å². The molecule has 0 bridgehead atoms. The van der Waals surface area contributed by atoms with Crippen molar-refractivity contribution in [1.29, 1.82) is 0 Å². The van der Waals surface area contributed by atoms with E-state index in [1.54, 1.807) is 6.92 Å². The van der Waals surface area contributed by atoms with Crippen molar-refractivity contribution < 1.29 is 14.3 Å². The highest BCUT2D eigenvalue weighted by Gasteiger charge is 1.96. The second-order valence-corrected chi connectivity index (χ2v) is 1.84. The quantitative estimate of drug-likeness (QED) is 0.351. The fourth-order valence-corrected chi connectivity index (χ4v) is 0.420. The number of halogens is 1. The van der Waals surface area contributed by atoms with Gasteiger partial charge in [-0.25, -0.2) is 4.79 Å². The number of esters is 1. The molecule has 0 aromatic heterocycles. The predicted octanol–water partition coefficient (Wildman–Crippen LogP) is 0.871. The zero-order valence-corrected chi connectivity index (χ0v) is 6.22. The highest BCUT2D eigenvalue weighted by molar-refractivity contribution is 6.39. The molecule has 10 heavy (non-hydrogen) atoms. The zero-order chi connectivity index (χ0) is 7.98. The summed E-state index contributed by atoms with van der Waals surface area (Å²) in [5.41, 5.74) is 0. The first-order valence-electron chi connectivity index (χ1n) is 2.69. The number of carbonyl (C=O) groups excluding carboxylic acids is 2. The molecule has 0 aliphatic carbocycles. The molecule has 0 unspecified atom stereocenters. The van der Waals surface area contributed by atoms with Crippen LogP contribution in [-0.4, -0.2) is 18.9 Å². The van der Waals surface area contributed by atoms with Crippen LogP contribution >= 0.6 is 11.6 Å². The van der Waals surface area contributed by atoms with Crippen molar-refractivity contribution in [3.05, 3.63) is 11.1 Å². The third-order valence-electron chi connectivity index (χ3n) is 0.655. The number of ether oxygens (including phenoxy) is 1. The Morgan fingerprint density at radius 3 is 2.70 bits per heavy atom. The Morgan fingerprint density at radius 2 is 2.30 bits per heavy atom. The van der Waals surface area contributed by atoms with Crippen LogP contribution in [0.25, 0.3) is 0 Å². The van der Waals surface area contributed by atoms with Crippen LogP contribution in [-0.2, 0) is 14.3 Å². The van der Waals surface area contributed by atoms with Gasteiger partial charge < -0.3 is 4.74 Å². The molecule has 4 heteroatoms. The van der Waals surface area contributed by atoms with Gasteiger partial charge in [0.25, 0.3) is 0 Å². The maximum absolute atomic E-state index is 10.5. The van der Waals surface area contributed by atoms with Crippen molar-refractivity contribution in [1.82, 2.24) is 0 Å². The molecule has 0 radical (unpaired) electrons. The van der Waals surface area contributed by atoms with Crippen LogP contribution in [0.3, 0.4) is 0 Å². The first-order chi connectivity index (χ1) is 4.70. The molecule has 3 nitrogen and oxygen atoms in total. The van der Waals surface area contributed by atoms with E-state index >= 15 is 0 Å². The molecule has 0 spiro atoms. The highest BCUT2D eigenvalue weighted by Crippen LogP contribution is 1.95. The normalized spacial score (nSPS) is 10.8. The Hall–Kier alpha value is -0.830. The smallest absolute Gasteiger partial charge is 0.332 e. The van der Waals surface area contributed by atoms with Gasteiger partial charge in [-0.05, 0) is 6.92 Å². The van der Waals surface area contributed by atoms with E-state index in [9.17, 15) is 9.59 Å². The molecule has 0 saturated heterocycles. The lowest BCUT2D eigenvalue weighted by Gasteiger charge is -1.93. The Bertz CT molecular complexity index is 162. The van der Waals surface area contributed by atoms with Crippen molar-refractivity contribution in [2.45, 2.75) is 6.92 Å². The van der Waals surface area contributed by atoms with Crippen molar-refractivity contribution >= 4 is 23.9 Å². The Labute approximate surface area is 63.6 Å². The summed E-state index contributed by atoms with van der Waals surface area (Å²) in [4.78, 5) is 20.3. The minimum atomic E-state index is -0.598. The number of hydrogen-bond donors (Lipinski definition) is 0. The molecule has 0 rings (SSSR count). The van der Waals surface area contributed by atoms with Crippen molar-refractivity contribution in [2.24, 2.45) is 0 Å². The molecule has 56 valence electrons. The molecule has 0 amide bonds. The topological polar surface area (TPSA) is 43.4 Å². The minimum absolute atomic E-state index is 0.154. The van der Waals surface area contributed by atoms with Gasteiger partial charge in [0.05, 0.1) is 11.6 Å². The summed E-state index contributed by atoms with van der Waals surface area (Å²) in [5, 5.41) is -0.154. The molecule has 0 aromatic rings. The first-order valence-corrected chi connectivity index (χ1v) is 3.07. The van der Waals surface area contributed by atoms with Gasteiger partial charge in [-0.3, -0.25) is 4.79 Å². The predicted molar refractivity (Wildman–Crippen MR) is 36.6 cm³/mol. The summed E-state index contributed by atoms with van der Waals surface area (Å²) < 4.78 is 4.46. The van der Waals surface area contributed by atoms with Gasteiger partial charge in [0.2, 0.25) is 0 Å². The van der Waals surface area contributed by atoms with Crippen molar-refractivity contribution in [3.63, 3.8) is 0 Å². The second kappa shape index (κ2) is 4.99. The number of hydrogen-bond acceptors (Lipinski definition) is 3. The van der Waals surface area contributed by atoms with E-state index in [-0.39, 0.29) is 11.6 Å². The summed E-state index contributed by atoms with van der Waals surface area (Å²) in [6.45, 7) is 1.94. The molecule has 0 fully saturated rings. The lowest BCUT2D eigenvalue weighted by atomic mass is 10.5. The number of carbonyl (C=O) groups is 2. The van der Waals surface area contributed by atoms with Crippen LogP contribution in [0.15, 0.2) is 11.1 Å². The lowest BCUT2D eigenvalue weighted by Crippen LogP contribution is -1.99. The lowest BCUT2D eigenvalue weighted by molar-refractivity contribution is -0.137. The molecule has 0 atom stereocenters. The summed E-state index contributed by atoms with van der Waals surface area (Å²) >= 11 is 5.19. The van der Waals surface area contributed by atoms with Gasteiger partial charge in [0, 0.05) is 6.08 Å². The largest absolute Gasteiger partial charge is 0.463 e. The van der Waals surface area contributed by atoms with Gasteiger partial charge in [-0.1, -0.05) is 11.6 Å². The van der Waals surface area contributed by atoms with E-state index in [1.807, 2.05) is 0 Å². The highest BCUT2D eigenvalue weighted by atomic mass is 35.5. The SMILES string of the molecule is CCOC(=O)/C=C(\Cl)C=O. The minimum Gasteiger partial charge on any atom is -0.463 e. The Balaban J connectivity index is 3.86. The summed E-state index contributed by atoms with van der Waals surface area (Å²) in [7, 11) is 0. The zero-order valence-electron chi connectivity index (χ0n) is 5.46. The third-order valence-corrected chi connectivity index (χ3v) is 0.853. The Morgan fingerprint density at radius 1 is 1.70 bits per heavy atom. The second-order valence-electron chi connectivity index (χ2n) is 1.40. The van der Waals surface area contributed by atoms with E-state index in [2.05, 4.69) is 4.74 Å². The van der Waals surface area contributed by atoms with Gasteiger partial charge in [0.1, 0.15) is 0 Å². The number of aldehydes is 1. The average Bonchev–Trinajstić information content (AvgIpc) is 1.88. The van der Waals surface area contributed by atoms with Crippen LogP contribution in [0, 0.1) is 0 Å². The molecular weight excluding hydrogens is 156 g/mol. The maximum atomic E-state index is 10.5. The molecular formula is C6H7ClO3. The van der Waals surface area contributed by atoms with E-state index in [0.29, 0.717) is 6.29 Å². The molecule has 0 saturated carbocycles. The van der Waals surface area contributed by atoms with Crippen molar-refractivity contribution in [3.8, 4) is 0 Å². The summed E-state index contributed by atoms with van der Waals surface area (Å²) in [5.74, 6) is -0.598. The number of allylic oxidation sites excluding steroid dienone is 1. The molecule has 0 aliphatic heterocycles.